The van der Waals surface area contributed by atoms with Crippen molar-refractivity contribution in [3.8, 4) is 0 Å². The van der Waals surface area contributed by atoms with Crippen LogP contribution < -0.4 is 0 Å². The van der Waals surface area contributed by atoms with Gasteiger partial charge in [0.1, 0.15) is 11.5 Å². The Morgan fingerprint density at radius 1 is 1.06 bits per heavy atom. The Labute approximate surface area is 226 Å². The van der Waals surface area contributed by atoms with Crippen LogP contribution in [0.1, 0.15) is 24.8 Å². The molecule has 196 valence electrons. The molecule has 1 unspecified atom stereocenters. The van der Waals surface area contributed by atoms with Crippen molar-refractivity contribution in [2.45, 2.75) is 36.2 Å². The zero-order valence-electron chi connectivity index (χ0n) is 19.7. The summed E-state index contributed by atoms with van der Waals surface area (Å²) in [6, 6.07) is 12.6. The van der Waals surface area contributed by atoms with Crippen LogP contribution in [0.25, 0.3) is 0 Å². The van der Waals surface area contributed by atoms with Crippen molar-refractivity contribution in [1.29, 1.82) is 0 Å². The van der Waals surface area contributed by atoms with E-state index in [4.69, 9.17) is 39.5 Å². The molecule has 0 spiro atoms. The lowest BCUT2D eigenvalue weighted by Gasteiger charge is -2.38. The average Bonchev–Trinajstić information content (AvgIpc) is 3.29. The van der Waals surface area contributed by atoms with Crippen molar-refractivity contribution < 1.29 is 23.1 Å². The van der Waals surface area contributed by atoms with Crippen LogP contribution in [0, 0.1) is 5.92 Å². The molecular formula is C25H29Cl3N2O5S. The molecule has 4 rings (SSSR count). The zero-order chi connectivity index (χ0) is 25.9. The molecule has 0 radical (unpaired) electrons. The van der Waals surface area contributed by atoms with Gasteiger partial charge >= 0.3 is 0 Å². The summed E-state index contributed by atoms with van der Waals surface area (Å²) in [5.74, 6) is -0.172. The summed E-state index contributed by atoms with van der Waals surface area (Å²) in [6.45, 7) is 1.71. The van der Waals surface area contributed by atoms with Gasteiger partial charge in [0.15, 0.2) is 0 Å². The summed E-state index contributed by atoms with van der Waals surface area (Å²) in [6.07, 6.45) is 2.20. The van der Waals surface area contributed by atoms with Gasteiger partial charge < -0.3 is 14.7 Å². The van der Waals surface area contributed by atoms with Gasteiger partial charge in [0, 0.05) is 37.6 Å². The summed E-state index contributed by atoms with van der Waals surface area (Å²) < 4.78 is 33.2. The second kappa shape index (κ2) is 11.6. The Balaban J connectivity index is 1.22. The first-order valence-corrected chi connectivity index (χ1v) is 14.4. The molecule has 1 atom stereocenters. The SMILES string of the molecule is O=C(COCC1CCN(S(=O)(=O)c2c(Cl)cc(Cl)cc2Cl)C1)N1CCC(O)(Cc2ccccc2)CC1. The van der Waals surface area contributed by atoms with Crippen LogP contribution in [-0.4, -0.2) is 73.6 Å². The van der Waals surface area contributed by atoms with E-state index in [0.29, 0.717) is 45.3 Å². The summed E-state index contributed by atoms with van der Waals surface area (Å²) >= 11 is 18.2. The number of rotatable bonds is 8. The molecule has 2 saturated heterocycles. The predicted molar refractivity (Wildman–Crippen MR) is 140 cm³/mol. The highest BCUT2D eigenvalue weighted by Crippen LogP contribution is 2.36. The molecule has 1 amide bonds. The van der Waals surface area contributed by atoms with Crippen LogP contribution in [0.3, 0.4) is 0 Å². The molecule has 1 N–H and O–H groups in total. The van der Waals surface area contributed by atoms with Crippen LogP contribution in [0.4, 0.5) is 0 Å². The van der Waals surface area contributed by atoms with Gasteiger partial charge in [-0.05, 0) is 42.9 Å². The van der Waals surface area contributed by atoms with E-state index in [-0.39, 0.29) is 51.5 Å². The number of ether oxygens (including phenoxy) is 1. The van der Waals surface area contributed by atoms with E-state index in [1.807, 2.05) is 30.3 Å². The van der Waals surface area contributed by atoms with E-state index in [2.05, 4.69) is 0 Å². The molecule has 36 heavy (non-hydrogen) atoms. The fourth-order valence-electron chi connectivity index (χ4n) is 4.79. The van der Waals surface area contributed by atoms with Gasteiger partial charge in [0.25, 0.3) is 0 Å². The highest BCUT2D eigenvalue weighted by molar-refractivity contribution is 7.89. The van der Waals surface area contributed by atoms with E-state index in [0.717, 1.165) is 5.56 Å². The topological polar surface area (TPSA) is 87.2 Å². The van der Waals surface area contributed by atoms with Crippen LogP contribution in [0.5, 0.6) is 0 Å². The third-order valence-electron chi connectivity index (χ3n) is 6.81. The summed E-state index contributed by atoms with van der Waals surface area (Å²) in [4.78, 5) is 14.2. The van der Waals surface area contributed by atoms with Crippen molar-refractivity contribution in [3.05, 3.63) is 63.1 Å². The fraction of sp³-hybridized carbons (Fsp3) is 0.480. The molecule has 0 saturated carbocycles. The Hall–Kier alpha value is -1.39. The average molecular weight is 576 g/mol. The van der Waals surface area contributed by atoms with E-state index in [9.17, 15) is 18.3 Å². The standard InChI is InChI=1S/C25H29Cl3N2O5S/c26-20-12-21(27)24(22(28)13-20)36(33,34)30-9-6-19(15-30)16-35-17-23(31)29-10-7-25(32,8-11-29)14-18-4-2-1-3-5-18/h1-5,12-13,19,32H,6-11,14-17H2. The first-order chi connectivity index (χ1) is 17.1. The number of piperidine rings is 1. The number of nitrogens with zero attached hydrogens (tertiary/aromatic N) is 2. The molecule has 7 nitrogen and oxygen atoms in total. The van der Waals surface area contributed by atoms with Gasteiger partial charge in [-0.2, -0.15) is 4.31 Å². The normalized spacial score (nSPS) is 20.6. The smallest absolute Gasteiger partial charge is 0.248 e. The Kier molecular flexibility index (Phi) is 8.87. The minimum atomic E-state index is -3.89. The molecule has 0 bridgehead atoms. The van der Waals surface area contributed by atoms with Gasteiger partial charge in [-0.3, -0.25) is 4.79 Å². The highest BCUT2D eigenvalue weighted by Gasteiger charge is 2.36. The van der Waals surface area contributed by atoms with E-state index < -0.39 is 15.6 Å². The molecule has 2 heterocycles. The number of likely N-dealkylation sites (tertiary alicyclic amines) is 1. The van der Waals surface area contributed by atoms with Gasteiger partial charge in [0.2, 0.25) is 15.9 Å². The van der Waals surface area contributed by atoms with Crippen molar-refractivity contribution in [2.75, 3.05) is 39.4 Å². The summed E-state index contributed by atoms with van der Waals surface area (Å²) in [5.41, 5.74) is 0.268. The van der Waals surface area contributed by atoms with Crippen LogP contribution in [0.15, 0.2) is 47.4 Å². The molecule has 0 aromatic heterocycles. The number of aliphatic hydroxyl groups is 1. The molecule has 2 aliphatic heterocycles. The minimum Gasteiger partial charge on any atom is -0.389 e. The third kappa shape index (κ3) is 6.54. The fourth-order valence-corrected chi connectivity index (χ4v) is 7.81. The number of halogens is 3. The predicted octanol–water partition coefficient (Wildman–Crippen LogP) is 4.27. The van der Waals surface area contributed by atoms with Crippen molar-refractivity contribution in [3.63, 3.8) is 0 Å². The van der Waals surface area contributed by atoms with Crippen LogP contribution >= 0.6 is 34.8 Å². The van der Waals surface area contributed by atoms with E-state index in [1.54, 1.807) is 4.90 Å². The van der Waals surface area contributed by atoms with Crippen molar-refractivity contribution >= 4 is 50.7 Å². The lowest BCUT2D eigenvalue weighted by Crippen LogP contribution is -2.48. The van der Waals surface area contributed by atoms with Gasteiger partial charge in [-0.1, -0.05) is 65.1 Å². The first-order valence-electron chi connectivity index (χ1n) is 11.8. The second-order valence-corrected chi connectivity index (χ2v) is 12.6. The van der Waals surface area contributed by atoms with Gasteiger partial charge in [-0.25, -0.2) is 8.42 Å². The number of carbonyl (C=O) groups is 1. The Bertz CT molecular complexity index is 1160. The quantitative estimate of drug-likeness (QED) is 0.508. The number of carbonyl (C=O) groups excluding carboxylic acids is 1. The maximum absolute atomic E-state index is 13.1. The molecule has 2 aliphatic rings. The largest absolute Gasteiger partial charge is 0.389 e. The monoisotopic (exact) mass is 574 g/mol. The number of amides is 1. The Morgan fingerprint density at radius 2 is 1.69 bits per heavy atom. The molecule has 2 aromatic carbocycles. The van der Waals surface area contributed by atoms with Gasteiger partial charge in [0.05, 0.1) is 22.3 Å². The molecular weight excluding hydrogens is 547 g/mol. The molecule has 2 fully saturated rings. The molecule has 0 aliphatic carbocycles. The first kappa shape index (κ1) is 27.6. The lowest BCUT2D eigenvalue weighted by atomic mass is 9.85. The highest BCUT2D eigenvalue weighted by atomic mass is 35.5. The maximum atomic E-state index is 13.1. The lowest BCUT2D eigenvalue weighted by molar-refractivity contribution is -0.140. The van der Waals surface area contributed by atoms with E-state index in [1.165, 1.54) is 16.4 Å². The number of benzene rings is 2. The van der Waals surface area contributed by atoms with E-state index >= 15 is 0 Å². The van der Waals surface area contributed by atoms with Crippen molar-refractivity contribution in [1.82, 2.24) is 9.21 Å². The Morgan fingerprint density at radius 3 is 2.33 bits per heavy atom. The van der Waals surface area contributed by atoms with Crippen molar-refractivity contribution in [2.24, 2.45) is 5.92 Å². The number of sulfonamides is 1. The van der Waals surface area contributed by atoms with Crippen LogP contribution in [0.2, 0.25) is 15.1 Å². The zero-order valence-corrected chi connectivity index (χ0v) is 22.8. The van der Waals surface area contributed by atoms with Gasteiger partial charge in [-0.15, -0.1) is 0 Å². The second-order valence-electron chi connectivity index (χ2n) is 9.50. The minimum absolute atomic E-state index is 0.0185. The van der Waals surface area contributed by atoms with Crippen LogP contribution in [-0.2, 0) is 26.0 Å². The summed E-state index contributed by atoms with van der Waals surface area (Å²) in [5, 5.41) is 11.1. The third-order valence-corrected chi connectivity index (χ3v) is 9.82. The number of hydrogen-bond acceptors (Lipinski definition) is 5. The molecule has 11 heteroatoms. The molecule has 2 aromatic rings. The summed E-state index contributed by atoms with van der Waals surface area (Å²) in [7, 11) is -3.89. The maximum Gasteiger partial charge on any atom is 0.248 e. The number of hydrogen-bond donors (Lipinski definition) is 1.